The van der Waals surface area contributed by atoms with Crippen LogP contribution in [0.4, 0.5) is 0 Å². The maximum Gasteiger partial charge on any atom is 0.312 e. The Morgan fingerprint density at radius 1 is 1.36 bits per heavy atom. The van der Waals surface area contributed by atoms with Gasteiger partial charge < -0.3 is 14.4 Å². The van der Waals surface area contributed by atoms with Crippen LogP contribution in [0.25, 0.3) is 0 Å². The van der Waals surface area contributed by atoms with Crippen molar-refractivity contribution in [2.45, 2.75) is 38.0 Å². The highest BCUT2D eigenvalue weighted by molar-refractivity contribution is 5.91. The number of unbranched alkanes of at least 4 members (excludes halogenated alkanes) is 1. The van der Waals surface area contributed by atoms with E-state index in [9.17, 15) is 9.59 Å². The summed E-state index contributed by atoms with van der Waals surface area (Å²) in [5.41, 5.74) is 0.415. The van der Waals surface area contributed by atoms with Crippen molar-refractivity contribution in [2.24, 2.45) is 11.8 Å². The zero-order valence-electron chi connectivity index (χ0n) is 14.4. The summed E-state index contributed by atoms with van der Waals surface area (Å²) in [7, 11) is 0. The minimum Gasteiger partial charge on any atom is -0.465 e. The van der Waals surface area contributed by atoms with Crippen molar-refractivity contribution in [3.8, 4) is 0 Å². The van der Waals surface area contributed by atoms with Crippen LogP contribution in [-0.4, -0.2) is 41.6 Å². The molecule has 4 rings (SSSR count). The summed E-state index contributed by atoms with van der Waals surface area (Å²) in [6, 6.07) is 9.89. The summed E-state index contributed by atoms with van der Waals surface area (Å²) in [4.78, 5) is 27.4. The van der Waals surface area contributed by atoms with Crippen LogP contribution in [0.3, 0.4) is 0 Å². The molecule has 25 heavy (non-hydrogen) atoms. The number of likely N-dealkylation sites (tertiary alicyclic amines) is 1. The van der Waals surface area contributed by atoms with E-state index in [1.54, 1.807) is 4.90 Å². The summed E-state index contributed by atoms with van der Waals surface area (Å²) in [5.74, 6) is -1.28. The van der Waals surface area contributed by atoms with Crippen LogP contribution >= 0.6 is 0 Å². The van der Waals surface area contributed by atoms with E-state index in [4.69, 9.17) is 9.47 Å². The molecule has 5 nitrogen and oxygen atoms in total. The SMILES string of the molecule is CCCCOC(=O)[C@H]1[C@@H]2C=C[C@]3(CN(Cc4ccccc4)C(=O)[C@H]13)O2. The van der Waals surface area contributed by atoms with E-state index in [-0.39, 0.29) is 18.0 Å². The normalized spacial score (nSPS) is 32.3. The molecule has 0 unspecified atom stereocenters. The lowest BCUT2D eigenvalue weighted by atomic mass is 9.77. The van der Waals surface area contributed by atoms with Crippen molar-refractivity contribution in [2.75, 3.05) is 13.2 Å². The molecule has 2 saturated heterocycles. The fraction of sp³-hybridized carbons (Fsp3) is 0.500. The van der Waals surface area contributed by atoms with Crippen molar-refractivity contribution in [3.05, 3.63) is 48.0 Å². The fourth-order valence-electron chi connectivity index (χ4n) is 4.20. The molecule has 0 radical (unpaired) electrons. The van der Waals surface area contributed by atoms with Gasteiger partial charge in [0.1, 0.15) is 11.5 Å². The lowest BCUT2D eigenvalue weighted by Crippen LogP contribution is -2.40. The molecule has 4 atom stereocenters. The van der Waals surface area contributed by atoms with Crippen LogP contribution in [0.15, 0.2) is 42.5 Å². The minimum atomic E-state index is -0.662. The molecule has 3 aliphatic rings. The topological polar surface area (TPSA) is 55.8 Å². The van der Waals surface area contributed by atoms with Crippen LogP contribution in [0.1, 0.15) is 25.3 Å². The van der Waals surface area contributed by atoms with Crippen molar-refractivity contribution in [3.63, 3.8) is 0 Å². The van der Waals surface area contributed by atoms with Gasteiger partial charge in [0, 0.05) is 6.54 Å². The number of carbonyl (C=O) groups is 2. The summed E-state index contributed by atoms with van der Waals surface area (Å²) in [5, 5.41) is 0. The summed E-state index contributed by atoms with van der Waals surface area (Å²) in [6.45, 7) is 3.49. The van der Waals surface area contributed by atoms with Crippen LogP contribution < -0.4 is 0 Å². The summed E-state index contributed by atoms with van der Waals surface area (Å²) in [6.07, 6.45) is 5.36. The molecule has 0 saturated carbocycles. The Hall–Kier alpha value is -2.14. The van der Waals surface area contributed by atoms with Gasteiger partial charge in [-0.1, -0.05) is 55.8 Å². The minimum absolute atomic E-state index is 0.00635. The average Bonchev–Trinajstić information content (AvgIpc) is 3.25. The van der Waals surface area contributed by atoms with Gasteiger partial charge in [-0.05, 0) is 12.0 Å². The number of benzene rings is 1. The smallest absolute Gasteiger partial charge is 0.312 e. The number of fused-ring (bicyclic) bond motifs is 1. The Bertz CT molecular complexity index is 701. The highest BCUT2D eigenvalue weighted by Gasteiger charge is 2.67. The van der Waals surface area contributed by atoms with Gasteiger partial charge in [-0.2, -0.15) is 0 Å². The van der Waals surface area contributed by atoms with E-state index >= 15 is 0 Å². The monoisotopic (exact) mass is 341 g/mol. The van der Waals surface area contributed by atoms with E-state index in [1.807, 2.05) is 49.4 Å². The zero-order valence-corrected chi connectivity index (χ0v) is 14.4. The molecule has 0 aliphatic carbocycles. The van der Waals surface area contributed by atoms with Gasteiger partial charge in [-0.25, -0.2) is 0 Å². The molecule has 1 amide bonds. The largest absolute Gasteiger partial charge is 0.465 e. The Labute approximate surface area is 147 Å². The van der Waals surface area contributed by atoms with E-state index in [2.05, 4.69) is 0 Å². The molecule has 1 aromatic rings. The van der Waals surface area contributed by atoms with E-state index < -0.39 is 17.4 Å². The first-order valence-corrected chi connectivity index (χ1v) is 9.01. The number of rotatable bonds is 6. The number of esters is 1. The highest BCUT2D eigenvalue weighted by Crippen LogP contribution is 2.52. The van der Waals surface area contributed by atoms with Gasteiger partial charge in [0.15, 0.2) is 0 Å². The quantitative estimate of drug-likeness (QED) is 0.453. The van der Waals surface area contributed by atoms with Crippen LogP contribution in [-0.2, 0) is 25.6 Å². The number of nitrogens with zero attached hydrogens (tertiary/aromatic N) is 1. The van der Waals surface area contributed by atoms with Crippen molar-refractivity contribution >= 4 is 11.9 Å². The van der Waals surface area contributed by atoms with Crippen molar-refractivity contribution < 1.29 is 19.1 Å². The van der Waals surface area contributed by atoms with E-state index in [0.29, 0.717) is 19.7 Å². The average molecular weight is 341 g/mol. The Morgan fingerprint density at radius 3 is 2.92 bits per heavy atom. The predicted molar refractivity (Wildman–Crippen MR) is 91.5 cm³/mol. The number of hydrogen-bond acceptors (Lipinski definition) is 4. The first kappa shape index (κ1) is 16.3. The first-order valence-electron chi connectivity index (χ1n) is 9.01. The predicted octanol–water partition coefficient (Wildman–Crippen LogP) is 2.31. The third-order valence-corrected chi connectivity index (χ3v) is 5.41. The maximum absolute atomic E-state index is 13.0. The van der Waals surface area contributed by atoms with Gasteiger partial charge in [0.25, 0.3) is 0 Å². The fourth-order valence-corrected chi connectivity index (χ4v) is 4.20. The van der Waals surface area contributed by atoms with E-state index in [1.165, 1.54) is 0 Å². The molecule has 1 aromatic carbocycles. The standard InChI is InChI=1S/C20H23NO4/c1-2-3-11-24-19(23)16-15-9-10-20(25-15)13-21(18(22)17(16)20)12-14-7-5-4-6-8-14/h4-10,15-17H,2-3,11-13H2,1H3/t15-,16-,17-,20+/m0/s1. The van der Waals surface area contributed by atoms with Crippen LogP contribution in [0, 0.1) is 11.8 Å². The van der Waals surface area contributed by atoms with Gasteiger partial charge in [-0.15, -0.1) is 0 Å². The lowest BCUT2D eigenvalue weighted by Gasteiger charge is -2.22. The molecule has 5 heteroatoms. The van der Waals surface area contributed by atoms with Gasteiger partial charge in [0.2, 0.25) is 5.91 Å². The van der Waals surface area contributed by atoms with Crippen molar-refractivity contribution in [1.82, 2.24) is 4.90 Å². The number of carbonyl (C=O) groups excluding carboxylic acids is 2. The molecular formula is C20H23NO4. The Morgan fingerprint density at radius 2 is 2.16 bits per heavy atom. The second-order valence-electron chi connectivity index (χ2n) is 7.10. The number of ether oxygens (including phenoxy) is 2. The molecule has 132 valence electrons. The Balaban J connectivity index is 1.52. The molecule has 2 fully saturated rings. The number of hydrogen-bond donors (Lipinski definition) is 0. The second kappa shape index (κ2) is 6.30. The van der Waals surface area contributed by atoms with Crippen molar-refractivity contribution in [1.29, 1.82) is 0 Å². The highest BCUT2D eigenvalue weighted by atomic mass is 16.6. The van der Waals surface area contributed by atoms with Crippen LogP contribution in [0.5, 0.6) is 0 Å². The van der Waals surface area contributed by atoms with E-state index in [0.717, 1.165) is 18.4 Å². The molecule has 1 spiro atoms. The first-order chi connectivity index (χ1) is 12.1. The third-order valence-electron chi connectivity index (χ3n) is 5.41. The summed E-state index contributed by atoms with van der Waals surface area (Å²) < 4.78 is 11.5. The molecular weight excluding hydrogens is 318 g/mol. The Kier molecular flexibility index (Phi) is 4.12. The third kappa shape index (κ3) is 2.67. The molecule has 3 aliphatic heterocycles. The zero-order chi connectivity index (χ0) is 17.4. The molecule has 0 N–H and O–H groups in total. The molecule has 3 heterocycles. The maximum atomic E-state index is 13.0. The molecule has 2 bridgehead atoms. The van der Waals surface area contributed by atoms with Gasteiger partial charge >= 0.3 is 5.97 Å². The molecule has 0 aromatic heterocycles. The number of amides is 1. The van der Waals surface area contributed by atoms with Gasteiger partial charge in [-0.3, -0.25) is 9.59 Å². The van der Waals surface area contributed by atoms with Gasteiger partial charge in [0.05, 0.1) is 25.2 Å². The lowest BCUT2D eigenvalue weighted by molar-refractivity contribution is -0.154. The summed E-state index contributed by atoms with van der Waals surface area (Å²) >= 11 is 0. The van der Waals surface area contributed by atoms with Crippen LogP contribution in [0.2, 0.25) is 0 Å². The second-order valence-corrected chi connectivity index (χ2v) is 7.10.